The van der Waals surface area contributed by atoms with Gasteiger partial charge in [0.25, 0.3) is 0 Å². The molecule has 0 aliphatic carbocycles. The summed E-state index contributed by atoms with van der Waals surface area (Å²) in [6.45, 7) is 15.9. The molecule has 32 heavy (non-hydrogen) atoms. The number of ether oxygens (including phenoxy) is 2. The largest absolute Gasteiger partial charge is 0.492 e. The van der Waals surface area contributed by atoms with Crippen LogP contribution in [0.1, 0.15) is 67.2 Å². The Morgan fingerprint density at radius 2 is 1.94 bits per heavy atom. The summed E-state index contributed by atoms with van der Waals surface area (Å²) in [7, 11) is 1.66. The first kappa shape index (κ1) is 26.0. The number of aliphatic imine (C=N–C) groups is 1. The molecule has 1 unspecified atom stereocenters. The van der Waals surface area contributed by atoms with Gasteiger partial charge in [-0.3, -0.25) is 4.99 Å². The van der Waals surface area contributed by atoms with Crippen LogP contribution in [-0.2, 0) is 4.74 Å². The van der Waals surface area contributed by atoms with E-state index in [0.717, 1.165) is 37.6 Å². The van der Waals surface area contributed by atoms with Crippen molar-refractivity contribution in [2.24, 2.45) is 22.7 Å². The van der Waals surface area contributed by atoms with E-state index in [1.54, 1.807) is 7.11 Å². The average molecular weight is 442 g/mol. The molecule has 0 spiro atoms. The Morgan fingerprint density at radius 1 is 1.22 bits per heavy atom. The molecule has 5 heteroatoms. The summed E-state index contributed by atoms with van der Waals surface area (Å²) in [4.78, 5) is 11.3. The van der Waals surface area contributed by atoms with E-state index in [4.69, 9.17) is 9.47 Å². The van der Waals surface area contributed by atoms with Gasteiger partial charge in [-0.05, 0) is 75.8 Å². The normalized spacial score (nSPS) is 16.5. The minimum Gasteiger partial charge on any atom is -0.492 e. The molecule has 5 nitrogen and oxygen atoms in total. The zero-order valence-electron chi connectivity index (χ0n) is 21.2. The predicted molar refractivity (Wildman–Crippen MR) is 136 cm³/mol. The summed E-state index contributed by atoms with van der Waals surface area (Å²) in [6.07, 6.45) is 10.6. The summed E-state index contributed by atoms with van der Waals surface area (Å²) in [6, 6.07) is 4.08. The van der Waals surface area contributed by atoms with E-state index in [9.17, 15) is 0 Å². The quantitative estimate of drug-likeness (QED) is 0.284. The number of nitrogens with zero attached hydrogens (tertiary/aromatic N) is 3. The van der Waals surface area contributed by atoms with Crippen LogP contribution < -0.4 is 9.64 Å². The van der Waals surface area contributed by atoms with E-state index in [1.165, 1.54) is 30.5 Å². The average Bonchev–Trinajstić information content (AvgIpc) is 2.77. The summed E-state index contributed by atoms with van der Waals surface area (Å²) in [5.41, 5.74) is 3.42. The lowest BCUT2D eigenvalue weighted by Gasteiger charge is -2.33. The van der Waals surface area contributed by atoms with Crippen LogP contribution >= 0.6 is 0 Å². The fraction of sp³-hybridized carbons (Fsp3) is 0.630. The lowest BCUT2D eigenvalue weighted by molar-refractivity contribution is 0.174. The van der Waals surface area contributed by atoms with Gasteiger partial charge in [-0.25, -0.2) is 4.98 Å². The van der Waals surface area contributed by atoms with Crippen LogP contribution in [0.5, 0.6) is 5.88 Å². The van der Waals surface area contributed by atoms with Crippen molar-refractivity contribution >= 4 is 11.9 Å². The Bertz CT molecular complexity index is 786. The second-order valence-corrected chi connectivity index (χ2v) is 9.74. The molecule has 1 aliphatic heterocycles. The molecule has 0 aromatic carbocycles. The predicted octanol–water partition coefficient (Wildman–Crippen LogP) is 6.66. The van der Waals surface area contributed by atoms with Gasteiger partial charge in [0.2, 0.25) is 5.88 Å². The van der Waals surface area contributed by atoms with Crippen molar-refractivity contribution in [2.45, 2.75) is 67.2 Å². The minimum atomic E-state index is 0.550. The van der Waals surface area contributed by atoms with Crippen molar-refractivity contribution in [1.82, 2.24) is 4.98 Å². The number of hydrogen-bond acceptors (Lipinski definition) is 5. The molecule has 1 fully saturated rings. The van der Waals surface area contributed by atoms with Gasteiger partial charge in [-0.2, -0.15) is 0 Å². The molecule has 2 heterocycles. The minimum absolute atomic E-state index is 0.550. The maximum Gasteiger partial charge on any atom is 0.214 e. The number of rotatable bonds is 11. The molecule has 0 amide bonds. The number of anilines is 1. The van der Waals surface area contributed by atoms with E-state index in [1.807, 2.05) is 18.5 Å². The summed E-state index contributed by atoms with van der Waals surface area (Å²) in [5.74, 6) is 3.52. The van der Waals surface area contributed by atoms with E-state index >= 15 is 0 Å². The first-order valence-corrected chi connectivity index (χ1v) is 12.0. The van der Waals surface area contributed by atoms with Crippen LogP contribution in [0, 0.1) is 17.8 Å². The van der Waals surface area contributed by atoms with Gasteiger partial charge in [0, 0.05) is 36.7 Å². The maximum absolute atomic E-state index is 6.07. The third kappa shape index (κ3) is 9.05. The van der Waals surface area contributed by atoms with Crippen molar-refractivity contribution in [3.8, 4) is 5.88 Å². The van der Waals surface area contributed by atoms with Gasteiger partial charge in [-0.15, -0.1) is 0 Å². The fourth-order valence-corrected chi connectivity index (χ4v) is 4.10. The number of aromatic nitrogens is 1. The molecule has 0 radical (unpaired) electrons. The van der Waals surface area contributed by atoms with E-state index < -0.39 is 0 Å². The molecule has 0 N–H and O–H groups in total. The first-order valence-electron chi connectivity index (χ1n) is 12.0. The Hall–Kier alpha value is -2.30. The van der Waals surface area contributed by atoms with Crippen LogP contribution in [0.25, 0.3) is 0 Å². The van der Waals surface area contributed by atoms with Crippen LogP contribution in [-0.4, -0.2) is 38.0 Å². The topological polar surface area (TPSA) is 47.0 Å². The van der Waals surface area contributed by atoms with Crippen molar-refractivity contribution in [2.75, 3.05) is 31.7 Å². The van der Waals surface area contributed by atoms with Crippen LogP contribution in [0.4, 0.5) is 5.69 Å². The van der Waals surface area contributed by atoms with E-state index in [0.29, 0.717) is 23.6 Å². The molecule has 1 atom stereocenters. The molecule has 2 rings (SSSR count). The number of pyridine rings is 1. The highest BCUT2D eigenvalue weighted by Gasteiger charge is 2.19. The van der Waals surface area contributed by atoms with Crippen molar-refractivity contribution in [1.29, 1.82) is 0 Å². The van der Waals surface area contributed by atoms with Crippen LogP contribution in [0.3, 0.4) is 0 Å². The molecular formula is C27H43N3O2. The van der Waals surface area contributed by atoms with Crippen molar-refractivity contribution in [3.63, 3.8) is 0 Å². The van der Waals surface area contributed by atoms with Gasteiger partial charge < -0.3 is 14.4 Å². The molecule has 178 valence electrons. The summed E-state index contributed by atoms with van der Waals surface area (Å²) < 4.78 is 11.3. The van der Waals surface area contributed by atoms with Crippen LogP contribution in [0.2, 0.25) is 0 Å². The van der Waals surface area contributed by atoms with E-state index in [-0.39, 0.29) is 0 Å². The number of piperidine rings is 1. The first-order chi connectivity index (χ1) is 15.3. The lowest BCUT2D eigenvalue weighted by Crippen LogP contribution is -2.33. The van der Waals surface area contributed by atoms with Crippen molar-refractivity contribution in [3.05, 3.63) is 41.4 Å². The highest BCUT2D eigenvalue weighted by Crippen LogP contribution is 2.27. The molecular weight excluding hydrogens is 398 g/mol. The third-order valence-electron chi connectivity index (χ3n) is 5.93. The third-order valence-corrected chi connectivity index (χ3v) is 5.93. The van der Waals surface area contributed by atoms with Gasteiger partial charge in [0.1, 0.15) is 5.76 Å². The number of hydrogen-bond donors (Lipinski definition) is 0. The maximum atomic E-state index is 6.07. The molecule has 0 bridgehead atoms. The number of methoxy groups -OCH3 is 1. The summed E-state index contributed by atoms with van der Waals surface area (Å²) in [5, 5.41) is 0. The molecule has 1 aliphatic rings. The molecule has 1 aromatic rings. The van der Waals surface area contributed by atoms with Gasteiger partial charge >= 0.3 is 0 Å². The Balaban J connectivity index is 1.81. The highest BCUT2D eigenvalue weighted by atomic mass is 16.5. The Kier molecular flexibility index (Phi) is 10.8. The summed E-state index contributed by atoms with van der Waals surface area (Å²) >= 11 is 0. The Morgan fingerprint density at radius 3 is 2.56 bits per heavy atom. The molecule has 0 saturated carbocycles. The highest BCUT2D eigenvalue weighted by molar-refractivity contribution is 5.77. The zero-order chi connectivity index (χ0) is 23.5. The molecule has 1 saturated heterocycles. The van der Waals surface area contributed by atoms with Gasteiger partial charge in [0.15, 0.2) is 0 Å². The van der Waals surface area contributed by atoms with Crippen LogP contribution in [0.15, 0.2) is 46.4 Å². The monoisotopic (exact) mass is 441 g/mol. The second-order valence-electron chi connectivity index (χ2n) is 9.74. The number of allylic oxidation sites excluding steroid dienone is 4. The SMILES string of the molecule is COc1cc(N2CCC(C/C=C(/C)N=CC(OCC(C)CC(C)C)=C(C)C)CC2)ccn1. The van der Waals surface area contributed by atoms with Gasteiger partial charge in [0.05, 0.1) is 19.9 Å². The lowest BCUT2D eigenvalue weighted by atomic mass is 9.93. The Labute approximate surface area is 195 Å². The molecule has 1 aromatic heterocycles. The zero-order valence-corrected chi connectivity index (χ0v) is 21.2. The fourth-order valence-electron chi connectivity index (χ4n) is 4.10. The smallest absolute Gasteiger partial charge is 0.214 e. The van der Waals surface area contributed by atoms with Gasteiger partial charge in [-0.1, -0.05) is 26.8 Å². The van der Waals surface area contributed by atoms with E-state index in [2.05, 4.69) is 68.6 Å². The van der Waals surface area contributed by atoms with Crippen molar-refractivity contribution < 1.29 is 9.47 Å². The second kappa shape index (κ2) is 13.3. The standard InChI is InChI=1S/C27H43N3O2/c1-20(2)16-22(5)19-32-26(21(3)4)18-29-23(6)8-9-24-11-14-30(15-12-24)25-10-13-28-27(17-25)31-7/h8,10,13,17-18,20,22,24H,9,11-12,14-16,19H2,1-7H3/b23-8-,29-18?.